The summed E-state index contributed by atoms with van der Waals surface area (Å²) in [5.74, 6) is 0. The minimum atomic E-state index is 0.210. The molecule has 1 heteroatoms. The van der Waals surface area contributed by atoms with E-state index in [1.165, 1.54) is 25.7 Å². The molecular formula is C11H20O. The Labute approximate surface area is 75.8 Å². The fraction of sp³-hybridized carbons (Fsp3) is 0.818. The molecule has 1 saturated heterocycles. The highest BCUT2D eigenvalue weighted by Gasteiger charge is 2.37. The molecule has 1 heterocycles. The Balaban J connectivity index is 1.91. The van der Waals surface area contributed by atoms with E-state index in [4.69, 9.17) is 4.74 Å². The Kier molecular flexibility index (Phi) is 3.80. The second-order valence-corrected chi connectivity index (χ2v) is 3.91. The molecule has 0 bridgehead atoms. The first-order valence-electron chi connectivity index (χ1n) is 5.06. The molecule has 0 aliphatic carbocycles. The van der Waals surface area contributed by atoms with Gasteiger partial charge < -0.3 is 4.74 Å². The molecule has 0 amide bonds. The molecule has 70 valence electrons. The Hall–Kier alpha value is -0.300. The number of epoxide rings is 1. The molecule has 1 aliphatic rings. The van der Waals surface area contributed by atoms with E-state index in [-0.39, 0.29) is 5.60 Å². The van der Waals surface area contributed by atoms with E-state index in [1.54, 1.807) is 0 Å². The zero-order valence-electron chi connectivity index (χ0n) is 8.31. The van der Waals surface area contributed by atoms with E-state index in [1.807, 2.05) is 0 Å². The van der Waals surface area contributed by atoms with Gasteiger partial charge in [-0.2, -0.15) is 0 Å². The summed E-state index contributed by atoms with van der Waals surface area (Å²) >= 11 is 0. The molecule has 1 nitrogen and oxygen atoms in total. The first-order valence-corrected chi connectivity index (χ1v) is 5.06. The van der Waals surface area contributed by atoms with Crippen molar-refractivity contribution in [3.05, 3.63) is 12.2 Å². The van der Waals surface area contributed by atoms with Gasteiger partial charge in [0, 0.05) is 0 Å². The normalized spacial score (nSPS) is 28.2. The van der Waals surface area contributed by atoms with E-state index in [9.17, 15) is 0 Å². The van der Waals surface area contributed by atoms with Gasteiger partial charge >= 0.3 is 0 Å². The third-order valence-electron chi connectivity index (χ3n) is 2.33. The van der Waals surface area contributed by atoms with Crippen molar-refractivity contribution in [2.75, 3.05) is 6.61 Å². The Morgan fingerprint density at radius 3 is 2.67 bits per heavy atom. The van der Waals surface area contributed by atoms with Crippen LogP contribution in [0.25, 0.3) is 0 Å². The molecule has 0 aromatic carbocycles. The Morgan fingerprint density at radius 1 is 1.33 bits per heavy atom. The SMILES string of the molecule is CCCCC/C=C\CC1(C)CO1. The number of unbranched alkanes of at least 4 members (excludes halogenated alkanes) is 3. The lowest BCUT2D eigenvalue weighted by Crippen LogP contribution is -2.00. The Morgan fingerprint density at radius 2 is 2.08 bits per heavy atom. The summed E-state index contributed by atoms with van der Waals surface area (Å²) < 4.78 is 5.27. The van der Waals surface area contributed by atoms with Crippen molar-refractivity contribution in [1.29, 1.82) is 0 Å². The van der Waals surface area contributed by atoms with Crippen molar-refractivity contribution in [1.82, 2.24) is 0 Å². The monoisotopic (exact) mass is 168 g/mol. The molecule has 0 spiro atoms. The number of allylic oxidation sites excluding steroid dienone is 1. The van der Waals surface area contributed by atoms with Gasteiger partial charge in [-0.25, -0.2) is 0 Å². The van der Waals surface area contributed by atoms with Crippen LogP contribution < -0.4 is 0 Å². The fourth-order valence-corrected chi connectivity index (χ4v) is 1.20. The van der Waals surface area contributed by atoms with Crippen molar-refractivity contribution in [2.45, 2.75) is 51.6 Å². The van der Waals surface area contributed by atoms with Gasteiger partial charge in [-0.3, -0.25) is 0 Å². The maximum Gasteiger partial charge on any atom is 0.0922 e. The molecule has 12 heavy (non-hydrogen) atoms. The molecule has 1 aliphatic heterocycles. The molecule has 0 aromatic rings. The number of rotatable bonds is 6. The third kappa shape index (κ3) is 3.91. The predicted octanol–water partition coefficient (Wildman–Crippen LogP) is 3.30. The van der Waals surface area contributed by atoms with E-state index in [2.05, 4.69) is 26.0 Å². The van der Waals surface area contributed by atoms with E-state index in [0.29, 0.717) is 0 Å². The average molecular weight is 168 g/mol. The minimum Gasteiger partial charge on any atom is -0.370 e. The van der Waals surface area contributed by atoms with Crippen molar-refractivity contribution < 1.29 is 4.74 Å². The van der Waals surface area contributed by atoms with Crippen LogP contribution in [0.4, 0.5) is 0 Å². The Bertz CT molecular complexity index is 145. The molecule has 1 atom stereocenters. The minimum absolute atomic E-state index is 0.210. The van der Waals surface area contributed by atoms with Crippen LogP contribution in [-0.4, -0.2) is 12.2 Å². The van der Waals surface area contributed by atoms with Gasteiger partial charge in [0.05, 0.1) is 12.2 Å². The topological polar surface area (TPSA) is 12.5 Å². The zero-order valence-corrected chi connectivity index (χ0v) is 8.31. The molecule has 0 aromatic heterocycles. The molecule has 1 unspecified atom stereocenters. The summed E-state index contributed by atoms with van der Waals surface area (Å²) in [6.45, 7) is 5.36. The smallest absolute Gasteiger partial charge is 0.0922 e. The second-order valence-electron chi connectivity index (χ2n) is 3.91. The van der Waals surface area contributed by atoms with Crippen LogP contribution in [0.5, 0.6) is 0 Å². The highest BCUT2D eigenvalue weighted by Crippen LogP contribution is 2.30. The number of ether oxygens (including phenoxy) is 1. The lowest BCUT2D eigenvalue weighted by molar-refractivity contribution is 0.325. The van der Waals surface area contributed by atoms with Gasteiger partial charge in [0.25, 0.3) is 0 Å². The first-order chi connectivity index (χ1) is 5.77. The van der Waals surface area contributed by atoms with Crippen LogP contribution in [0.1, 0.15) is 46.0 Å². The van der Waals surface area contributed by atoms with E-state index in [0.717, 1.165) is 13.0 Å². The molecule has 1 rings (SSSR count). The summed E-state index contributed by atoms with van der Waals surface area (Å²) in [5, 5.41) is 0. The summed E-state index contributed by atoms with van der Waals surface area (Å²) in [6.07, 6.45) is 10.9. The van der Waals surface area contributed by atoms with Crippen LogP contribution in [0.3, 0.4) is 0 Å². The van der Waals surface area contributed by atoms with Gasteiger partial charge in [0.1, 0.15) is 0 Å². The van der Waals surface area contributed by atoms with Gasteiger partial charge in [0.2, 0.25) is 0 Å². The average Bonchev–Trinajstić information content (AvgIpc) is 2.77. The van der Waals surface area contributed by atoms with Crippen LogP contribution in [0.15, 0.2) is 12.2 Å². The van der Waals surface area contributed by atoms with Gasteiger partial charge in [-0.05, 0) is 26.2 Å². The van der Waals surface area contributed by atoms with E-state index >= 15 is 0 Å². The molecule has 0 saturated carbocycles. The van der Waals surface area contributed by atoms with Gasteiger partial charge in [0.15, 0.2) is 0 Å². The van der Waals surface area contributed by atoms with Crippen molar-refractivity contribution >= 4 is 0 Å². The zero-order chi connectivity index (χ0) is 8.86. The predicted molar refractivity (Wildman–Crippen MR) is 52.3 cm³/mol. The summed E-state index contributed by atoms with van der Waals surface area (Å²) in [6, 6.07) is 0. The molecule has 0 radical (unpaired) electrons. The molecule has 0 N–H and O–H groups in total. The van der Waals surface area contributed by atoms with Gasteiger partial charge in [-0.15, -0.1) is 0 Å². The first kappa shape index (κ1) is 9.79. The molecular weight excluding hydrogens is 148 g/mol. The summed E-state index contributed by atoms with van der Waals surface area (Å²) in [4.78, 5) is 0. The quantitative estimate of drug-likeness (QED) is 0.337. The fourth-order valence-electron chi connectivity index (χ4n) is 1.20. The lowest BCUT2D eigenvalue weighted by Gasteiger charge is -1.97. The highest BCUT2D eigenvalue weighted by molar-refractivity contribution is 4.96. The van der Waals surface area contributed by atoms with Crippen LogP contribution in [0.2, 0.25) is 0 Å². The lowest BCUT2D eigenvalue weighted by atomic mass is 10.1. The van der Waals surface area contributed by atoms with E-state index < -0.39 is 0 Å². The second kappa shape index (κ2) is 4.66. The maximum absolute atomic E-state index is 5.27. The molecule has 1 fully saturated rings. The number of hydrogen-bond acceptors (Lipinski definition) is 1. The van der Waals surface area contributed by atoms with Crippen LogP contribution in [0, 0.1) is 0 Å². The van der Waals surface area contributed by atoms with Crippen molar-refractivity contribution in [2.24, 2.45) is 0 Å². The summed E-state index contributed by atoms with van der Waals surface area (Å²) in [5.41, 5.74) is 0.210. The van der Waals surface area contributed by atoms with Crippen molar-refractivity contribution in [3.63, 3.8) is 0 Å². The van der Waals surface area contributed by atoms with Crippen LogP contribution in [-0.2, 0) is 4.74 Å². The highest BCUT2D eigenvalue weighted by atomic mass is 16.6. The van der Waals surface area contributed by atoms with Crippen LogP contribution >= 0.6 is 0 Å². The third-order valence-corrected chi connectivity index (χ3v) is 2.33. The number of hydrogen-bond donors (Lipinski definition) is 0. The standard InChI is InChI=1S/C11H20O/c1-3-4-5-6-7-8-9-11(2)10-12-11/h7-8H,3-6,9-10H2,1-2H3/b8-7-. The maximum atomic E-state index is 5.27. The summed E-state index contributed by atoms with van der Waals surface area (Å²) in [7, 11) is 0. The van der Waals surface area contributed by atoms with Crippen molar-refractivity contribution in [3.8, 4) is 0 Å². The van der Waals surface area contributed by atoms with Gasteiger partial charge in [-0.1, -0.05) is 31.9 Å². The largest absolute Gasteiger partial charge is 0.370 e.